The monoisotopic (exact) mass is 429 g/mol. The summed E-state index contributed by atoms with van der Waals surface area (Å²) < 4.78 is 50.6. The van der Waals surface area contributed by atoms with Crippen molar-refractivity contribution in [2.75, 3.05) is 18.0 Å². The summed E-state index contributed by atoms with van der Waals surface area (Å²) >= 11 is 0. The van der Waals surface area contributed by atoms with Gasteiger partial charge in [-0.1, -0.05) is 6.07 Å². The average Bonchev–Trinajstić information content (AvgIpc) is 2.72. The maximum atomic E-state index is 13.4. The molecule has 4 aromatic rings. The lowest BCUT2D eigenvalue weighted by Gasteiger charge is -2.21. The number of anilines is 1. The number of alkyl halides is 3. The van der Waals surface area contributed by atoms with Gasteiger partial charge in [0.25, 0.3) is 0 Å². The standard InChI is InChI=1S/C23H18F3NO4/c1-3-27(4-2)15-7-5-14-10-16(22(29)31-20(14)11-15)13-6-8-19-17(9-13)18(23(24,25)26)12-21(28)30-19/h5-12H,3-4H2,1-2H3. The van der Waals surface area contributed by atoms with Gasteiger partial charge in [-0.3, -0.25) is 0 Å². The Morgan fingerprint density at radius 3 is 2.29 bits per heavy atom. The van der Waals surface area contributed by atoms with Gasteiger partial charge in [0.05, 0.1) is 11.1 Å². The zero-order valence-corrected chi connectivity index (χ0v) is 16.7. The van der Waals surface area contributed by atoms with Gasteiger partial charge in [-0.25, -0.2) is 9.59 Å². The third-order valence-electron chi connectivity index (χ3n) is 5.21. The quantitative estimate of drug-likeness (QED) is 0.405. The SMILES string of the molecule is CCN(CC)c1ccc2cc(-c3ccc4oc(=O)cc(C(F)(F)F)c4c3)c(=O)oc2c1. The average molecular weight is 429 g/mol. The molecule has 0 unspecified atom stereocenters. The molecule has 0 N–H and O–H groups in total. The molecule has 0 aliphatic heterocycles. The van der Waals surface area contributed by atoms with Gasteiger partial charge in [-0.15, -0.1) is 0 Å². The van der Waals surface area contributed by atoms with Crippen LogP contribution in [-0.2, 0) is 6.18 Å². The molecule has 0 fully saturated rings. The van der Waals surface area contributed by atoms with E-state index in [0.29, 0.717) is 17.0 Å². The number of rotatable bonds is 4. The molecule has 0 aliphatic carbocycles. The Hall–Kier alpha value is -3.55. The van der Waals surface area contributed by atoms with E-state index in [1.54, 1.807) is 18.2 Å². The number of hydrogen-bond acceptors (Lipinski definition) is 5. The summed E-state index contributed by atoms with van der Waals surface area (Å²) in [5.41, 5.74) is -1.45. The molecule has 0 saturated heterocycles. The van der Waals surface area contributed by atoms with Gasteiger partial charge in [0, 0.05) is 41.7 Å². The summed E-state index contributed by atoms with van der Waals surface area (Å²) in [6.45, 7) is 5.62. The predicted molar refractivity (Wildman–Crippen MR) is 113 cm³/mol. The van der Waals surface area contributed by atoms with E-state index in [1.165, 1.54) is 18.2 Å². The maximum Gasteiger partial charge on any atom is 0.417 e. The van der Waals surface area contributed by atoms with Crippen LogP contribution in [0.4, 0.5) is 18.9 Å². The summed E-state index contributed by atoms with van der Waals surface area (Å²) in [6, 6.07) is 11.3. The molecule has 0 aliphatic rings. The Bertz CT molecular complexity index is 1400. The Balaban J connectivity index is 1.89. The molecule has 4 rings (SSSR count). The van der Waals surface area contributed by atoms with Crippen LogP contribution in [0.3, 0.4) is 0 Å². The van der Waals surface area contributed by atoms with E-state index >= 15 is 0 Å². The molecule has 2 heterocycles. The van der Waals surface area contributed by atoms with E-state index in [0.717, 1.165) is 18.8 Å². The Kier molecular flexibility index (Phi) is 5.08. The highest BCUT2D eigenvalue weighted by atomic mass is 19.4. The second-order valence-corrected chi connectivity index (χ2v) is 7.03. The van der Waals surface area contributed by atoms with Crippen LogP contribution >= 0.6 is 0 Å². The first kappa shape index (κ1) is 20.7. The maximum absolute atomic E-state index is 13.4. The fraction of sp³-hybridized carbons (Fsp3) is 0.217. The van der Waals surface area contributed by atoms with Gasteiger partial charge in [0.15, 0.2) is 0 Å². The predicted octanol–water partition coefficient (Wildman–Crippen LogP) is 5.43. The summed E-state index contributed by atoms with van der Waals surface area (Å²) in [5.74, 6) is 0. The molecule has 0 saturated carbocycles. The minimum Gasteiger partial charge on any atom is -0.423 e. The van der Waals surface area contributed by atoms with Crippen molar-refractivity contribution in [2.24, 2.45) is 0 Å². The molecule has 0 bridgehead atoms. The second kappa shape index (κ2) is 7.61. The van der Waals surface area contributed by atoms with Crippen molar-refractivity contribution in [3.8, 4) is 11.1 Å². The molecule has 0 radical (unpaired) electrons. The van der Waals surface area contributed by atoms with Crippen molar-refractivity contribution >= 4 is 27.6 Å². The van der Waals surface area contributed by atoms with Crippen LogP contribution in [0.5, 0.6) is 0 Å². The zero-order valence-electron chi connectivity index (χ0n) is 16.7. The van der Waals surface area contributed by atoms with Gasteiger partial charge in [-0.2, -0.15) is 13.2 Å². The van der Waals surface area contributed by atoms with Crippen molar-refractivity contribution in [2.45, 2.75) is 20.0 Å². The van der Waals surface area contributed by atoms with Crippen molar-refractivity contribution in [1.29, 1.82) is 0 Å². The summed E-state index contributed by atoms with van der Waals surface area (Å²) in [4.78, 5) is 26.2. The van der Waals surface area contributed by atoms with Crippen molar-refractivity contribution < 1.29 is 22.0 Å². The first-order valence-corrected chi connectivity index (χ1v) is 9.69. The topological polar surface area (TPSA) is 63.7 Å². The van der Waals surface area contributed by atoms with Crippen LogP contribution in [0.1, 0.15) is 19.4 Å². The second-order valence-electron chi connectivity index (χ2n) is 7.03. The van der Waals surface area contributed by atoms with Crippen LogP contribution in [0.2, 0.25) is 0 Å². The Morgan fingerprint density at radius 2 is 1.61 bits per heavy atom. The normalized spacial score (nSPS) is 11.9. The third kappa shape index (κ3) is 3.81. The summed E-state index contributed by atoms with van der Waals surface area (Å²) in [7, 11) is 0. The highest BCUT2D eigenvalue weighted by Gasteiger charge is 2.34. The number of halogens is 3. The van der Waals surface area contributed by atoms with Crippen LogP contribution in [-0.4, -0.2) is 13.1 Å². The fourth-order valence-corrected chi connectivity index (χ4v) is 3.65. The fourth-order valence-electron chi connectivity index (χ4n) is 3.65. The Morgan fingerprint density at radius 1 is 0.871 bits per heavy atom. The largest absolute Gasteiger partial charge is 0.423 e. The van der Waals surface area contributed by atoms with E-state index in [9.17, 15) is 22.8 Å². The molecule has 0 atom stereocenters. The van der Waals surface area contributed by atoms with E-state index in [1.807, 2.05) is 19.9 Å². The highest BCUT2D eigenvalue weighted by Crippen LogP contribution is 2.35. The molecule has 2 aromatic heterocycles. The van der Waals surface area contributed by atoms with E-state index in [2.05, 4.69) is 4.90 Å². The summed E-state index contributed by atoms with van der Waals surface area (Å²) in [5, 5.41) is 0.335. The van der Waals surface area contributed by atoms with Crippen molar-refractivity contribution in [1.82, 2.24) is 0 Å². The first-order chi connectivity index (χ1) is 14.7. The molecular weight excluding hydrogens is 411 g/mol. The van der Waals surface area contributed by atoms with Gasteiger partial charge < -0.3 is 13.7 Å². The smallest absolute Gasteiger partial charge is 0.417 e. The van der Waals surface area contributed by atoms with E-state index in [-0.39, 0.29) is 22.1 Å². The van der Waals surface area contributed by atoms with Crippen LogP contribution in [0.25, 0.3) is 33.1 Å². The van der Waals surface area contributed by atoms with Gasteiger partial charge >= 0.3 is 17.4 Å². The summed E-state index contributed by atoms with van der Waals surface area (Å²) in [6.07, 6.45) is -4.75. The molecule has 160 valence electrons. The van der Waals surface area contributed by atoms with Crippen LogP contribution in [0.15, 0.2) is 67.0 Å². The molecule has 0 spiro atoms. The number of hydrogen-bond donors (Lipinski definition) is 0. The zero-order chi connectivity index (χ0) is 22.3. The van der Waals surface area contributed by atoms with Crippen molar-refractivity contribution in [3.05, 3.63) is 74.9 Å². The minimum absolute atomic E-state index is 0.115. The number of nitrogens with zero attached hydrogens (tertiary/aromatic N) is 1. The lowest BCUT2D eigenvalue weighted by atomic mass is 10.0. The van der Waals surface area contributed by atoms with E-state index in [4.69, 9.17) is 8.83 Å². The lowest BCUT2D eigenvalue weighted by molar-refractivity contribution is -0.136. The van der Waals surface area contributed by atoms with Gasteiger partial charge in [0.1, 0.15) is 11.2 Å². The molecule has 0 amide bonds. The molecular formula is C23H18F3NO4. The number of fused-ring (bicyclic) bond motifs is 2. The van der Waals surface area contributed by atoms with Crippen LogP contribution < -0.4 is 16.2 Å². The van der Waals surface area contributed by atoms with Crippen LogP contribution in [0, 0.1) is 0 Å². The Labute approximate surface area is 174 Å². The molecule has 31 heavy (non-hydrogen) atoms. The number of benzene rings is 2. The highest BCUT2D eigenvalue weighted by molar-refractivity contribution is 5.89. The lowest BCUT2D eigenvalue weighted by Crippen LogP contribution is -2.21. The molecule has 5 nitrogen and oxygen atoms in total. The van der Waals surface area contributed by atoms with Gasteiger partial charge in [0.2, 0.25) is 0 Å². The molecule has 8 heteroatoms. The minimum atomic E-state index is -4.75. The van der Waals surface area contributed by atoms with E-state index < -0.39 is 23.0 Å². The van der Waals surface area contributed by atoms with Crippen molar-refractivity contribution in [3.63, 3.8) is 0 Å². The first-order valence-electron chi connectivity index (χ1n) is 9.69. The van der Waals surface area contributed by atoms with Gasteiger partial charge in [-0.05, 0) is 49.7 Å². The molecule has 2 aromatic carbocycles. The third-order valence-corrected chi connectivity index (χ3v) is 5.21.